The van der Waals surface area contributed by atoms with Gasteiger partial charge in [-0.1, -0.05) is 6.42 Å². The van der Waals surface area contributed by atoms with Gasteiger partial charge in [-0.25, -0.2) is 4.98 Å². The van der Waals surface area contributed by atoms with E-state index in [2.05, 4.69) is 4.98 Å². The molecule has 1 aromatic heterocycles. The molecule has 0 spiro atoms. The molecule has 0 aromatic carbocycles. The molecule has 3 saturated carbocycles. The van der Waals surface area contributed by atoms with Crippen molar-refractivity contribution in [3.05, 3.63) is 16.6 Å². The van der Waals surface area contributed by atoms with Crippen LogP contribution in [0.1, 0.15) is 37.1 Å². The van der Waals surface area contributed by atoms with Crippen LogP contribution in [0.3, 0.4) is 0 Å². The third kappa shape index (κ3) is 1.45. The smallest absolute Gasteiger partial charge is 0.0953 e. The quantitative estimate of drug-likeness (QED) is 0.874. The molecule has 1 aromatic rings. The predicted octanol–water partition coefficient (Wildman–Crippen LogP) is 2.87. The number of hydrogen-bond donors (Lipinski definition) is 1. The Morgan fingerprint density at radius 2 is 2.29 bits per heavy atom. The third-order valence-corrected chi connectivity index (χ3v) is 6.33. The van der Waals surface area contributed by atoms with Crippen LogP contribution in [0.4, 0.5) is 0 Å². The van der Waals surface area contributed by atoms with Crippen LogP contribution in [-0.4, -0.2) is 15.7 Å². The molecular weight excluding hydrogens is 230 g/mol. The van der Waals surface area contributed by atoms with Crippen molar-refractivity contribution >= 4 is 11.3 Å². The van der Waals surface area contributed by atoms with E-state index in [4.69, 9.17) is 0 Å². The molecule has 3 fully saturated rings. The first-order chi connectivity index (χ1) is 8.26. The predicted molar refractivity (Wildman–Crippen MR) is 67.8 cm³/mol. The molecule has 2 bridgehead atoms. The summed E-state index contributed by atoms with van der Waals surface area (Å²) in [4.78, 5) is 4.35. The fourth-order valence-electron chi connectivity index (χ4n) is 5.04. The largest absolute Gasteiger partial charge is 0.389 e. The molecule has 4 rings (SSSR count). The highest BCUT2D eigenvalue weighted by Gasteiger charge is 2.60. The molecule has 17 heavy (non-hydrogen) atoms. The summed E-state index contributed by atoms with van der Waals surface area (Å²) in [6.45, 7) is 0. The summed E-state index contributed by atoms with van der Waals surface area (Å²) in [5.74, 6) is 3.18. The van der Waals surface area contributed by atoms with Crippen molar-refractivity contribution in [3.63, 3.8) is 0 Å². The van der Waals surface area contributed by atoms with Crippen LogP contribution in [0, 0.1) is 23.7 Å². The molecule has 3 aliphatic rings. The average Bonchev–Trinajstić information content (AvgIpc) is 2.96. The summed E-state index contributed by atoms with van der Waals surface area (Å²) in [7, 11) is 0. The first kappa shape index (κ1) is 10.5. The van der Waals surface area contributed by atoms with E-state index in [1.54, 1.807) is 11.3 Å². The monoisotopic (exact) mass is 249 g/mol. The molecule has 5 atom stereocenters. The Kier molecular flexibility index (Phi) is 2.19. The summed E-state index contributed by atoms with van der Waals surface area (Å²) in [5.41, 5.74) is -0.423. The van der Waals surface area contributed by atoms with Gasteiger partial charge in [0.15, 0.2) is 0 Å². The summed E-state index contributed by atoms with van der Waals surface area (Å²) in [5, 5.41) is 14.1. The van der Waals surface area contributed by atoms with E-state index >= 15 is 0 Å². The second-order valence-corrected chi connectivity index (χ2v) is 7.25. The zero-order valence-corrected chi connectivity index (χ0v) is 10.8. The maximum absolute atomic E-state index is 11.0. The fraction of sp³-hybridized carbons (Fsp3) is 0.786. The van der Waals surface area contributed by atoms with Crippen molar-refractivity contribution in [2.45, 2.75) is 44.1 Å². The lowest BCUT2D eigenvalue weighted by atomic mass is 9.72. The lowest BCUT2D eigenvalue weighted by Gasteiger charge is -2.38. The minimum Gasteiger partial charge on any atom is -0.389 e. The molecule has 2 nitrogen and oxygen atoms in total. The number of aliphatic hydroxyl groups is 1. The molecule has 0 radical (unpaired) electrons. The molecule has 0 aliphatic heterocycles. The number of fused-ring (bicyclic) bond motifs is 5. The van der Waals surface area contributed by atoms with Gasteiger partial charge in [0.1, 0.15) is 0 Å². The third-order valence-electron chi connectivity index (χ3n) is 5.55. The number of hydrogen-bond acceptors (Lipinski definition) is 3. The molecule has 3 heteroatoms. The Labute approximate surface area is 106 Å². The van der Waals surface area contributed by atoms with Crippen LogP contribution < -0.4 is 0 Å². The fourth-order valence-corrected chi connectivity index (χ4v) is 5.78. The van der Waals surface area contributed by atoms with Gasteiger partial charge in [-0.15, -0.1) is 11.3 Å². The SMILES string of the molecule is OC1(Cc2nccs2)CC2CC1C1CCCC21. The minimum absolute atomic E-state index is 0.423. The maximum atomic E-state index is 11.0. The molecule has 3 aliphatic carbocycles. The van der Waals surface area contributed by atoms with Crippen molar-refractivity contribution in [3.8, 4) is 0 Å². The Morgan fingerprint density at radius 3 is 3.12 bits per heavy atom. The normalized spacial score (nSPS) is 47.6. The highest BCUT2D eigenvalue weighted by Crippen LogP contribution is 2.62. The van der Waals surface area contributed by atoms with Gasteiger partial charge in [0, 0.05) is 18.0 Å². The van der Waals surface area contributed by atoms with E-state index < -0.39 is 5.60 Å². The highest BCUT2D eigenvalue weighted by molar-refractivity contribution is 7.09. The van der Waals surface area contributed by atoms with Gasteiger partial charge in [0.05, 0.1) is 10.6 Å². The number of nitrogens with zero attached hydrogens (tertiary/aromatic N) is 1. The Balaban J connectivity index is 1.59. The van der Waals surface area contributed by atoms with E-state index in [9.17, 15) is 5.11 Å². The summed E-state index contributed by atoms with van der Waals surface area (Å²) < 4.78 is 0. The standard InChI is InChI=1S/C14H19NOS/c16-14(8-13-15-4-5-17-13)7-9-6-12(14)11-3-1-2-10(9)11/h4-5,9-12,16H,1-3,6-8H2. The van der Waals surface area contributed by atoms with Gasteiger partial charge in [0.2, 0.25) is 0 Å². The van der Waals surface area contributed by atoms with Gasteiger partial charge in [-0.05, 0) is 49.4 Å². The first-order valence-corrected chi connectivity index (χ1v) is 7.75. The molecule has 1 heterocycles. The Hall–Kier alpha value is -0.410. The van der Waals surface area contributed by atoms with Crippen LogP contribution in [0.5, 0.6) is 0 Å². The average molecular weight is 249 g/mol. The van der Waals surface area contributed by atoms with E-state index in [1.807, 2.05) is 11.6 Å². The van der Waals surface area contributed by atoms with Gasteiger partial charge in [-0.2, -0.15) is 0 Å². The Bertz CT molecular complexity index is 418. The van der Waals surface area contributed by atoms with E-state index in [-0.39, 0.29) is 0 Å². The molecular formula is C14H19NOS. The van der Waals surface area contributed by atoms with Crippen molar-refractivity contribution in [2.75, 3.05) is 0 Å². The first-order valence-electron chi connectivity index (χ1n) is 6.87. The van der Waals surface area contributed by atoms with Gasteiger partial charge in [-0.3, -0.25) is 0 Å². The number of aromatic nitrogens is 1. The lowest BCUT2D eigenvalue weighted by molar-refractivity contribution is -0.0450. The van der Waals surface area contributed by atoms with Crippen LogP contribution in [0.2, 0.25) is 0 Å². The molecule has 92 valence electrons. The lowest BCUT2D eigenvalue weighted by Crippen LogP contribution is -2.43. The summed E-state index contributed by atoms with van der Waals surface area (Å²) in [6.07, 6.45) is 9.18. The number of thiazole rings is 1. The van der Waals surface area contributed by atoms with Crippen molar-refractivity contribution in [1.29, 1.82) is 0 Å². The molecule has 0 amide bonds. The maximum Gasteiger partial charge on any atom is 0.0953 e. The van der Waals surface area contributed by atoms with E-state index in [0.717, 1.165) is 35.6 Å². The van der Waals surface area contributed by atoms with Crippen molar-refractivity contribution < 1.29 is 5.11 Å². The highest BCUT2D eigenvalue weighted by atomic mass is 32.1. The second-order valence-electron chi connectivity index (χ2n) is 6.27. The second kappa shape index (κ2) is 3.55. The Morgan fingerprint density at radius 1 is 1.41 bits per heavy atom. The van der Waals surface area contributed by atoms with Crippen LogP contribution in [-0.2, 0) is 6.42 Å². The molecule has 5 unspecified atom stereocenters. The van der Waals surface area contributed by atoms with Gasteiger partial charge < -0.3 is 5.11 Å². The minimum atomic E-state index is -0.423. The zero-order valence-electron chi connectivity index (χ0n) is 10.0. The summed E-state index contributed by atoms with van der Waals surface area (Å²) in [6, 6.07) is 0. The van der Waals surface area contributed by atoms with Gasteiger partial charge in [0.25, 0.3) is 0 Å². The topological polar surface area (TPSA) is 33.1 Å². The number of rotatable bonds is 2. The van der Waals surface area contributed by atoms with Gasteiger partial charge >= 0.3 is 0 Å². The molecule has 1 N–H and O–H groups in total. The van der Waals surface area contributed by atoms with Crippen molar-refractivity contribution in [2.24, 2.45) is 23.7 Å². The van der Waals surface area contributed by atoms with E-state index in [0.29, 0.717) is 5.92 Å². The molecule has 0 saturated heterocycles. The van der Waals surface area contributed by atoms with Crippen LogP contribution in [0.25, 0.3) is 0 Å². The van der Waals surface area contributed by atoms with Crippen molar-refractivity contribution in [1.82, 2.24) is 4.98 Å². The van der Waals surface area contributed by atoms with Crippen LogP contribution in [0.15, 0.2) is 11.6 Å². The zero-order chi connectivity index (χ0) is 11.5. The van der Waals surface area contributed by atoms with Crippen LogP contribution >= 0.6 is 11.3 Å². The van der Waals surface area contributed by atoms with E-state index in [1.165, 1.54) is 25.7 Å². The summed E-state index contributed by atoms with van der Waals surface area (Å²) >= 11 is 1.69.